The van der Waals surface area contributed by atoms with Crippen molar-refractivity contribution >= 4 is 29.3 Å². The number of rotatable bonds is 8. The van der Waals surface area contributed by atoms with Crippen LogP contribution in [0.4, 0.5) is 5.69 Å². The molecule has 0 bridgehead atoms. The van der Waals surface area contributed by atoms with Crippen LogP contribution >= 0.6 is 11.8 Å². The van der Waals surface area contributed by atoms with Crippen molar-refractivity contribution in [3.63, 3.8) is 0 Å². The zero-order valence-corrected chi connectivity index (χ0v) is 15.2. The van der Waals surface area contributed by atoms with Crippen molar-refractivity contribution in [3.8, 4) is 5.75 Å². The highest BCUT2D eigenvalue weighted by atomic mass is 32.2. The molecular weight excluding hydrogens is 336 g/mol. The number of nitrogens with zero attached hydrogens (tertiary/aromatic N) is 1. The van der Waals surface area contributed by atoms with Gasteiger partial charge in [0.1, 0.15) is 5.75 Å². The summed E-state index contributed by atoms with van der Waals surface area (Å²) in [6.45, 7) is 0.559. The summed E-state index contributed by atoms with van der Waals surface area (Å²) < 4.78 is 5.57. The number of nitrogens with one attached hydrogen (secondary N) is 1. The Morgan fingerprint density at radius 1 is 1.04 bits per heavy atom. The Labute approximate surface area is 152 Å². The van der Waals surface area contributed by atoms with Gasteiger partial charge in [0.2, 0.25) is 5.91 Å². The predicted molar refractivity (Wildman–Crippen MR) is 102 cm³/mol. The SMILES string of the molecule is CN(C)C(=O)c1ccc(NC(=O)CSCCOc2ccccc2)cc1. The number of ether oxygens (including phenoxy) is 1. The van der Waals surface area contributed by atoms with Crippen LogP contribution in [-0.4, -0.2) is 48.9 Å². The van der Waals surface area contributed by atoms with Gasteiger partial charge in [0.25, 0.3) is 5.91 Å². The largest absolute Gasteiger partial charge is 0.493 e. The summed E-state index contributed by atoms with van der Waals surface area (Å²) in [5.41, 5.74) is 1.27. The molecule has 1 N–H and O–H groups in total. The Balaban J connectivity index is 1.67. The first-order valence-electron chi connectivity index (χ1n) is 7.93. The van der Waals surface area contributed by atoms with Crippen LogP contribution in [-0.2, 0) is 4.79 Å². The van der Waals surface area contributed by atoms with Gasteiger partial charge < -0.3 is 15.0 Å². The van der Waals surface area contributed by atoms with Gasteiger partial charge in [0.15, 0.2) is 0 Å². The number of carbonyl (C=O) groups excluding carboxylic acids is 2. The summed E-state index contributed by atoms with van der Waals surface area (Å²) in [5.74, 6) is 1.79. The molecule has 0 heterocycles. The van der Waals surface area contributed by atoms with Gasteiger partial charge >= 0.3 is 0 Å². The number of hydrogen-bond acceptors (Lipinski definition) is 4. The molecule has 6 heteroatoms. The van der Waals surface area contributed by atoms with E-state index in [2.05, 4.69) is 5.32 Å². The van der Waals surface area contributed by atoms with Gasteiger partial charge in [-0.3, -0.25) is 9.59 Å². The summed E-state index contributed by atoms with van der Waals surface area (Å²) >= 11 is 1.51. The first-order valence-corrected chi connectivity index (χ1v) is 9.09. The molecule has 0 atom stereocenters. The number of thioether (sulfide) groups is 1. The molecule has 0 aliphatic rings. The number of benzene rings is 2. The molecule has 2 aromatic rings. The Morgan fingerprint density at radius 2 is 1.72 bits per heavy atom. The van der Waals surface area contributed by atoms with Crippen molar-refractivity contribution in [1.29, 1.82) is 0 Å². The molecule has 0 saturated heterocycles. The molecule has 0 fully saturated rings. The lowest BCUT2D eigenvalue weighted by Gasteiger charge is -2.11. The van der Waals surface area contributed by atoms with Crippen LogP contribution in [0.5, 0.6) is 5.75 Å². The molecule has 0 aliphatic carbocycles. The highest BCUT2D eigenvalue weighted by Crippen LogP contribution is 2.12. The van der Waals surface area contributed by atoms with Gasteiger partial charge in [-0.25, -0.2) is 0 Å². The molecule has 2 amide bonds. The minimum Gasteiger partial charge on any atom is -0.493 e. The lowest BCUT2D eigenvalue weighted by Crippen LogP contribution is -2.21. The summed E-state index contributed by atoms with van der Waals surface area (Å²) in [7, 11) is 3.41. The van der Waals surface area contributed by atoms with E-state index < -0.39 is 0 Å². The molecule has 5 nitrogen and oxygen atoms in total. The van der Waals surface area contributed by atoms with Gasteiger partial charge in [-0.15, -0.1) is 11.8 Å². The number of para-hydroxylation sites is 1. The third-order valence-corrected chi connectivity index (χ3v) is 4.22. The zero-order chi connectivity index (χ0) is 18.1. The second kappa shape index (κ2) is 9.74. The van der Waals surface area contributed by atoms with E-state index in [4.69, 9.17) is 4.74 Å². The van der Waals surface area contributed by atoms with Crippen molar-refractivity contribution in [3.05, 3.63) is 60.2 Å². The number of hydrogen-bond donors (Lipinski definition) is 1. The molecule has 0 radical (unpaired) electrons. The molecule has 2 rings (SSSR count). The van der Waals surface area contributed by atoms with Crippen LogP contribution in [0.25, 0.3) is 0 Å². The normalized spacial score (nSPS) is 10.2. The van der Waals surface area contributed by atoms with Crippen LogP contribution in [0, 0.1) is 0 Å². The van der Waals surface area contributed by atoms with E-state index in [1.165, 1.54) is 16.7 Å². The highest BCUT2D eigenvalue weighted by Gasteiger charge is 2.08. The van der Waals surface area contributed by atoms with E-state index in [1.54, 1.807) is 38.4 Å². The van der Waals surface area contributed by atoms with E-state index in [0.29, 0.717) is 23.6 Å². The van der Waals surface area contributed by atoms with Crippen LogP contribution in [0.1, 0.15) is 10.4 Å². The lowest BCUT2D eigenvalue weighted by atomic mass is 10.2. The summed E-state index contributed by atoms with van der Waals surface area (Å²) in [6, 6.07) is 16.5. The monoisotopic (exact) mass is 358 g/mol. The molecule has 0 saturated carbocycles. The topological polar surface area (TPSA) is 58.6 Å². The number of amides is 2. The summed E-state index contributed by atoms with van der Waals surface area (Å²) in [6.07, 6.45) is 0. The van der Waals surface area contributed by atoms with E-state index in [9.17, 15) is 9.59 Å². The Hall–Kier alpha value is -2.47. The maximum absolute atomic E-state index is 11.9. The lowest BCUT2D eigenvalue weighted by molar-refractivity contribution is -0.113. The molecule has 0 aromatic heterocycles. The van der Waals surface area contributed by atoms with Crippen molar-refractivity contribution in [2.24, 2.45) is 0 Å². The fourth-order valence-corrected chi connectivity index (χ4v) is 2.65. The summed E-state index contributed by atoms with van der Waals surface area (Å²) in [4.78, 5) is 25.2. The first-order chi connectivity index (χ1) is 12.1. The Morgan fingerprint density at radius 3 is 2.36 bits per heavy atom. The number of carbonyl (C=O) groups is 2. The minimum atomic E-state index is -0.0728. The van der Waals surface area contributed by atoms with E-state index in [1.807, 2.05) is 30.3 Å². The molecule has 2 aromatic carbocycles. The van der Waals surface area contributed by atoms with Crippen LogP contribution in [0.3, 0.4) is 0 Å². The average molecular weight is 358 g/mol. The summed E-state index contributed by atoms with van der Waals surface area (Å²) in [5, 5.41) is 2.82. The van der Waals surface area contributed by atoms with E-state index in [0.717, 1.165) is 11.5 Å². The van der Waals surface area contributed by atoms with Crippen LogP contribution in [0.2, 0.25) is 0 Å². The molecule has 0 spiro atoms. The number of anilines is 1. The van der Waals surface area contributed by atoms with Crippen molar-refractivity contribution in [2.45, 2.75) is 0 Å². The van der Waals surface area contributed by atoms with Gasteiger partial charge in [0, 0.05) is 31.1 Å². The van der Waals surface area contributed by atoms with Gasteiger partial charge in [-0.2, -0.15) is 0 Å². The second-order valence-electron chi connectivity index (χ2n) is 5.54. The average Bonchev–Trinajstić information content (AvgIpc) is 2.62. The van der Waals surface area contributed by atoms with E-state index in [-0.39, 0.29) is 11.8 Å². The third-order valence-electron chi connectivity index (χ3n) is 3.29. The smallest absolute Gasteiger partial charge is 0.253 e. The van der Waals surface area contributed by atoms with Crippen molar-refractivity contribution in [2.75, 3.05) is 37.5 Å². The van der Waals surface area contributed by atoms with Gasteiger partial charge in [-0.05, 0) is 36.4 Å². The highest BCUT2D eigenvalue weighted by molar-refractivity contribution is 7.99. The molecule has 132 valence electrons. The fourth-order valence-electron chi connectivity index (χ4n) is 2.05. The standard InChI is InChI=1S/C19H22N2O3S/c1-21(2)19(23)15-8-10-16(11-9-15)20-18(22)14-25-13-12-24-17-6-4-3-5-7-17/h3-11H,12-14H2,1-2H3,(H,20,22). The fraction of sp³-hybridized carbons (Fsp3) is 0.263. The maximum atomic E-state index is 11.9. The maximum Gasteiger partial charge on any atom is 0.253 e. The predicted octanol–water partition coefficient (Wildman–Crippen LogP) is 3.14. The van der Waals surface area contributed by atoms with Crippen LogP contribution in [0.15, 0.2) is 54.6 Å². The quantitative estimate of drug-likeness (QED) is 0.737. The van der Waals surface area contributed by atoms with Crippen LogP contribution < -0.4 is 10.1 Å². The van der Waals surface area contributed by atoms with E-state index >= 15 is 0 Å². The second-order valence-corrected chi connectivity index (χ2v) is 6.64. The minimum absolute atomic E-state index is 0.0631. The molecule has 0 unspecified atom stereocenters. The van der Waals surface area contributed by atoms with Gasteiger partial charge in [0.05, 0.1) is 12.4 Å². The Kier molecular flexibility index (Phi) is 7.35. The Bertz CT molecular complexity index is 688. The van der Waals surface area contributed by atoms with Gasteiger partial charge in [-0.1, -0.05) is 18.2 Å². The van der Waals surface area contributed by atoms with Crippen molar-refractivity contribution < 1.29 is 14.3 Å². The van der Waals surface area contributed by atoms with Crippen molar-refractivity contribution in [1.82, 2.24) is 4.90 Å². The molecular formula is C19H22N2O3S. The molecule has 25 heavy (non-hydrogen) atoms. The zero-order valence-electron chi connectivity index (χ0n) is 14.4. The third kappa shape index (κ3) is 6.51. The first kappa shape index (κ1) is 18.9. The molecule has 0 aliphatic heterocycles.